The van der Waals surface area contributed by atoms with Crippen molar-refractivity contribution in [3.05, 3.63) is 48.2 Å². The maximum Gasteiger partial charge on any atom is 0.143 e. The summed E-state index contributed by atoms with van der Waals surface area (Å²) < 4.78 is 2.25. The van der Waals surface area contributed by atoms with Crippen molar-refractivity contribution in [1.29, 1.82) is 0 Å². The number of aromatic amines is 1. The molecule has 0 unspecified atom stereocenters. The van der Waals surface area contributed by atoms with E-state index < -0.39 is 0 Å². The lowest BCUT2D eigenvalue weighted by Crippen LogP contribution is -2.16. The fraction of sp³-hybridized carbons (Fsp3) is 0.235. The van der Waals surface area contributed by atoms with Gasteiger partial charge in [0.25, 0.3) is 0 Å². The van der Waals surface area contributed by atoms with Crippen LogP contribution in [0.15, 0.2) is 42.5 Å². The maximum atomic E-state index is 4.81. The smallest absolute Gasteiger partial charge is 0.143 e. The molecule has 3 aromatic heterocycles. The first-order valence-corrected chi connectivity index (χ1v) is 6.94. The maximum absolute atomic E-state index is 4.81. The van der Waals surface area contributed by atoms with Crippen LogP contribution < -0.4 is 0 Å². The molecule has 20 heavy (non-hydrogen) atoms. The van der Waals surface area contributed by atoms with E-state index in [-0.39, 0.29) is 5.41 Å². The van der Waals surface area contributed by atoms with E-state index in [1.165, 1.54) is 11.1 Å². The summed E-state index contributed by atoms with van der Waals surface area (Å²) in [6, 6.07) is 14.7. The van der Waals surface area contributed by atoms with Crippen LogP contribution in [0, 0.1) is 0 Å². The normalized spacial score (nSPS) is 12.8. The van der Waals surface area contributed by atoms with Gasteiger partial charge in [0.05, 0.1) is 0 Å². The van der Waals surface area contributed by atoms with E-state index in [2.05, 4.69) is 72.6 Å². The Labute approximate surface area is 117 Å². The Kier molecular flexibility index (Phi) is 2.09. The number of aromatic nitrogens is 3. The van der Waals surface area contributed by atoms with Crippen LogP contribution in [0.25, 0.3) is 27.7 Å². The minimum Gasteiger partial charge on any atom is -0.339 e. The third-order valence-electron chi connectivity index (χ3n) is 3.85. The summed E-state index contributed by atoms with van der Waals surface area (Å²) in [5, 5.41) is 1.19. The van der Waals surface area contributed by atoms with E-state index in [1.54, 1.807) is 0 Å². The van der Waals surface area contributed by atoms with Crippen molar-refractivity contribution in [1.82, 2.24) is 14.4 Å². The highest BCUT2D eigenvalue weighted by atomic mass is 15.1. The summed E-state index contributed by atoms with van der Waals surface area (Å²) in [6.45, 7) is 6.70. The number of H-pyrrole nitrogens is 1. The molecule has 0 saturated heterocycles. The number of imidazole rings is 1. The van der Waals surface area contributed by atoms with Gasteiger partial charge in [-0.2, -0.15) is 0 Å². The molecule has 0 atom stereocenters. The fourth-order valence-electron chi connectivity index (χ4n) is 2.91. The predicted molar refractivity (Wildman–Crippen MR) is 83.3 cm³/mol. The molecule has 100 valence electrons. The molecule has 0 aliphatic heterocycles. The lowest BCUT2D eigenvalue weighted by atomic mass is 9.91. The van der Waals surface area contributed by atoms with E-state index in [1.807, 2.05) is 0 Å². The van der Waals surface area contributed by atoms with Gasteiger partial charge in [0.1, 0.15) is 16.8 Å². The first kappa shape index (κ1) is 11.5. The largest absolute Gasteiger partial charge is 0.339 e. The van der Waals surface area contributed by atoms with Gasteiger partial charge in [-0.15, -0.1) is 0 Å². The number of nitrogens with zero attached hydrogens (tertiary/aromatic N) is 2. The molecule has 0 radical (unpaired) electrons. The Morgan fingerprint density at radius 3 is 2.60 bits per heavy atom. The van der Waals surface area contributed by atoms with Crippen molar-refractivity contribution in [3.8, 4) is 0 Å². The Balaban J connectivity index is 2.25. The SMILES string of the molecule is CC(C)(C)c1cccc2nc3c4ccccc4[nH]c3n12. The lowest BCUT2D eigenvalue weighted by molar-refractivity contribution is 0.563. The summed E-state index contributed by atoms with van der Waals surface area (Å²) >= 11 is 0. The van der Waals surface area contributed by atoms with E-state index in [0.29, 0.717) is 0 Å². The van der Waals surface area contributed by atoms with Crippen LogP contribution in [0.4, 0.5) is 0 Å². The molecular weight excluding hydrogens is 246 g/mol. The van der Waals surface area contributed by atoms with Crippen LogP contribution in [0.5, 0.6) is 0 Å². The molecule has 0 fully saturated rings. The highest BCUT2D eigenvalue weighted by Crippen LogP contribution is 2.30. The van der Waals surface area contributed by atoms with Crippen molar-refractivity contribution < 1.29 is 0 Å². The molecule has 0 spiro atoms. The molecule has 3 heteroatoms. The summed E-state index contributed by atoms with van der Waals surface area (Å²) in [4.78, 5) is 8.32. The first-order chi connectivity index (χ1) is 9.55. The molecule has 0 saturated carbocycles. The summed E-state index contributed by atoms with van der Waals surface area (Å²) in [7, 11) is 0. The molecule has 0 aliphatic rings. The molecule has 3 nitrogen and oxygen atoms in total. The van der Waals surface area contributed by atoms with Gasteiger partial charge in [0, 0.05) is 22.0 Å². The van der Waals surface area contributed by atoms with Crippen molar-refractivity contribution >= 4 is 27.7 Å². The van der Waals surface area contributed by atoms with Crippen LogP contribution in [-0.4, -0.2) is 14.4 Å². The van der Waals surface area contributed by atoms with Crippen molar-refractivity contribution in [2.45, 2.75) is 26.2 Å². The van der Waals surface area contributed by atoms with Crippen LogP contribution >= 0.6 is 0 Å². The summed E-state index contributed by atoms with van der Waals surface area (Å²) in [6.07, 6.45) is 0. The minimum absolute atomic E-state index is 0.0738. The Morgan fingerprint density at radius 2 is 1.80 bits per heavy atom. The topological polar surface area (TPSA) is 33.1 Å². The number of hydrogen-bond donors (Lipinski definition) is 1. The van der Waals surface area contributed by atoms with Crippen LogP contribution in [0.2, 0.25) is 0 Å². The second kappa shape index (κ2) is 3.63. The van der Waals surface area contributed by atoms with Gasteiger partial charge in [-0.05, 0) is 18.2 Å². The van der Waals surface area contributed by atoms with E-state index in [9.17, 15) is 0 Å². The summed E-state index contributed by atoms with van der Waals surface area (Å²) in [5.41, 5.74) is 5.63. The molecule has 0 amide bonds. The number of rotatable bonds is 0. The Hall–Kier alpha value is -2.29. The van der Waals surface area contributed by atoms with Crippen molar-refractivity contribution in [2.24, 2.45) is 0 Å². The predicted octanol–water partition coefficient (Wildman–Crippen LogP) is 4.27. The number of para-hydroxylation sites is 1. The second-order valence-electron chi connectivity index (χ2n) is 6.33. The molecular formula is C17H17N3. The third kappa shape index (κ3) is 1.43. The first-order valence-electron chi connectivity index (χ1n) is 6.94. The van der Waals surface area contributed by atoms with E-state index in [0.717, 1.165) is 22.3 Å². The monoisotopic (exact) mass is 263 g/mol. The molecule has 4 aromatic rings. The van der Waals surface area contributed by atoms with Gasteiger partial charge in [0.15, 0.2) is 0 Å². The zero-order valence-corrected chi connectivity index (χ0v) is 11.9. The van der Waals surface area contributed by atoms with Gasteiger partial charge in [-0.1, -0.05) is 45.0 Å². The Bertz CT molecular complexity index is 935. The molecule has 0 aliphatic carbocycles. The molecule has 0 bridgehead atoms. The number of benzene rings is 1. The van der Waals surface area contributed by atoms with Gasteiger partial charge in [-0.25, -0.2) is 4.98 Å². The van der Waals surface area contributed by atoms with Gasteiger partial charge in [-0.3, -0.25) is 4.40 Å². The van der Waals surface area contributed by atoms with Crippen molar-refractivity contribution in [3.63, 3.8) is 0 Å². The van der Waals surface area contributed by atoms with Crippen LogP contribution in [-0.2, 0) is 5.41 Å². The van der Waals surface area contributed by atoms with Crippen LogP contribution in [0.1, 0.15) is 26.5 Å². The second-order valence-corrected chi connectivity index (χ2v) is 6.33. The van der Waals surface area contributed by atoms with E-state index in [4.69, 9.17) is 4.98 Å². The molecule has 4 rings (SSSR count). The average molecular weight is 263 g/mol. The minimum atomic E-state index is 0.0738. The molecule has 1 aromatic carbocycles. The zero-order chi connectivity index (χ0) is 13.9. The third-order valence-corrected chi connectivity index (χ3v) is 3.85. The van der Waals surface area contributed by atoms with E-state index >= 15 is 0 Å². The van der Waals surface area contributed by atoms with Gasteiger partial charge < -0.3 is 4.98 Å². The average Bonchev–Trinajstić information content (AvgIpc) is 2.93. The standard InChI is InChI=1S/C17H17N3/c1-17(2,3)13-9-6-10-14-19-15-11-7-4-5-8-12(11)18-16(15)20(13)14/h4-10,18H,1-3H3. The number of pyridine rings is 1. The molecule has 3 heterocycles. The quantitative estimate of drug-likeness (QED) is 0.505. The fourth-order valence-corrected chi connectivity index (χ4v) is 2.91. The Morgan fingerprint density at radius 1 is 1.00 bits per heavy atom. The highest BCUT2D eigenvalue weighted by molar-refractivity contribution is 6.05. The number of fused-ring (bicyclic) bond motifs is 5. The van der Waals surface area contributed by atoms with Gasteiger partial charge in [0.2, 0.25) is 0 Å². The number of hydrogen-bond acceptors (Lipinski definition) is 1. The number of nitrogens with one attached hydrogen (secondary N) is 1. The van der Waals surface area contributed by atoms with Gasteiger partial charge >= 0.3 is 0 Å². The zero-order valence-electron chi connectivity index (χ0n) is 11.9. The highest BCUT2D eigenvalue weighted by Gasteiger charge is 2.20. The van der Waals surface area contributed by atoms with Crippen LogP contribution in [0.3, 0.4) is 0 Å². The van der Waals surface area contributed by atoms with Crippen molar-refractivity contribution in [2.75, 3.05) is 0 Å². The summed E-state index contributed by atoms with van der Waals surface area (Å²) in [5.74, 6) is 0. The lowest BCUT2D eigenvalue weighted by Gasteiger charge is -2.20. The molecule has 1 N–H and O–H groups in total.